The van der Waals surface area contributed by atoms with Gasteiger partial charge in [0.15, 0.2) is 15.5 Å². The Hall–Kier alpha value is -2.10. The van der Waals surface area contributed by atoms with Crippen LogP contribution in [0.3, 0.4) is 0 Å². The van der Waals surface area contributed by atoms with Crippen molar-refractivity contribution in [2.24, 2.45) is 5.92 Å². The highest BCUT2D eigenvalue weighted by Gasteiger charge is 2.30. The lowest BCUT2D eigenvalue weighted by Gasteiger charge is -2.34. The molecule has 1 saturated heterocycles. The van der Waals surface area contributed by atoms with E-state index in [-0.39, 0.29) is 29.1 Å². The molecule has 0 unspecified atom stereocenters. The minimum absolute atomic E-state index is 0. The molecule has 10 heteroatoms. The van der Waals surface area contributed by atoms with Crippen molar-refractivity contribution in [1.82, 2.24) is 19.9 Å². The minimum atomic E-state index is -3.12. The average molecular weight is 539 g/mol. The van der Waals surface area contributed by atoms with Gasteiger partial charge in [-0.25, -0.2) is 18.2 Å². The summed E-state index contributed by atoms with van der Waals surface area (Å²) in [6.45, 7) is 7.70. The van der Waals surface area contributed by atoms with E-state index in [4.69, 9.17) is 4.74 Å². The molecule has 36 heavy (non-hydrogen) atoms. The highest BCUT2D eigenvalue weighted by molar-refractivity contribution is 7.92. The fraction of sp³-hybridized carbons (Fsp3) is 0.615. The van der Waals surface area contributed by atoms with Crippen LogP contribution in [0.5, 0.6) is 5.75 Å². The van der Waals surface area contributed by atoms with Crippen LogP contribution >= 0.6 is 12.4 Å². The van der Waals surface area contributed by atoms with Crippen molar-refractivity contribution in [3.8, 4) is 5.75 Å². The standard InChI is InChI=1S/C26H38N4O4S.ClH/c1-3-6-19(7-4-2)18-30-12-10-22(11-13-30)35(32,33)15-5-14-34-21-8-9-23-20(16-21)17-24-25(27-23)29-26(31)28-24;/h8-9,16-17,19,22H,3-7,10-15,18H2,1-2H3,(H2,27,28,29,31);1H. The Morgan fingerprint density at radius 3 is 2.53 bits per heavy atom. The van der Waals surface area contributed by atoms with E-state index in [1.807, 2.05) is 24.3 Å². The van der Waals surface area contributed by atoms with Crippen LogP contribution in [-0.4, -0.2) is 65.5 Å². The second-order valence-electron chi connectivity index (χ2n) is 9.83. The number of imidazole rings is 1. The van der Waals surface area contributed by atoms with E-state index in [1.165, 1.54) is 25.7 Å². The maximum atomic E-state index is 12.9. The van der Waals surface area contributed by atoms with Gasteiger partial charge in [-0.2, -0.15) is 0 Å². The van der Waals surface area contributed by atoms with E-state index in [2.05, 4.69) is 33.7 Å². The molecule has 0 aliphatic carbocycles. The van der Waals surface area contributed by atoms with Gasteiger partial charge < -0.3 is 14.6 Å². The summed E-state index contributed by atoms with van der Waals surface area (Å²) in [7, 11) is -3.12. The molecule has 0 saturated carbocycles. The molecule has 8 nitrogen and oxygen atoms in total. The van der Waals surface area contributed by atoms with Crippen molar-refractivity contribution in [3.05, 3.63) is 34.7 Å². The lowest BCUT2D eigenvalue weighted by atomic mass is 9.96. The summed E-state index contributed by atoms with van der Waals surface area (Å²) >= 11 is 0. The topological polar surface area (TPSA) is 108 Å². The van der Waals surface area contributed by atoms with Gasteiger partial charge >= 0.3 is 5.69 Å². The molecular formula is C26H39ClN4O4S. The first kappa shape index (κ1) is 28.5. The zero-order valence-electron chi connectivity index (χ0n) is 21.3. The van der Waals surface area contributed by atoms with Crippen LogP contribution in [-0.2, 0) is 9.84 Å². The largest absolute Gasteiger partial charge is 0.494 e. The van der Waals surface area contributed by atoms with Crippen LogP contribution in [0.4, 0.5) is 0 Å². The molecule has 200 valence electrons. The van der Waals surface area contributed by atoms with Crippen LogP contribution in [0.25, 0.3) is 22.1 Å². The van der Waals surface area contributed by atoms with Crippen LogP contribution in [0, 0.1) is 5.92 Å². The lowest BCUT2D eigenvalue weighted by molar-refractivity contribution is 0.186. The van der Waals surface area contributed by atoms with Gasteiger partial charge in [0.1, 0.15) is 5.75 Å². The summed E-state index contributed by atoms with van der Waals surface area (Å²) in [6.07, 6.45) is 6.89. The molecule has 0 amide bonds. The van der Waals surface area contributed by atoms with Crippen molar-refractivity contribution in [1.29, 1.82) is 0 Å². The van der Waals surface area contributed by atoms with Crippen LogP contribution in [0.15, 0.2) is 29.1 Å². The smallest absolute Gasteiger partial charge is 0.325 e. The SMILES string of the molecule is CCCC(CCC)CN1CCC(S(=O)(=O)CCCOc2ccc3nc4[nH]c(=O)[nH]c4cc3c2)CC1.Cl. The maximum absolute atomic E-state index is 12.9. The fourth-order valence-electron chi connectivity index (χ4n) is 5.27. The molecule has 1 aromatic carbocycles. The number of piperidine rings is 1. The van der Waals surface area contributed by atoms with Gasteiger partial charge in [-0.15, -0.1) is 12.4 Å². The Morgan fingerprint density at radius 1 is 1.11 bits per heavy atom. The molecule has 2 aromatic heterocycles. The molecule has 2 N–H and O–H groups in total. The number of nitrogens with zero attached hydrogens (tertiary/aromatic N) is 2. The zero-order valence-corrected chi connectivity index (χ0v) is 22.9. The quantitative estimate of drug-likeness (QED) is 0.324. The number of benzene rings is 1. The number of halogens is 1. The summed E-state index contributed by atoms with van der Waals surface area (Å²) in [5.41, 5.74) is 1.63. The third-order valence-corrected chi connectivity index (χ3v) is 9.41. The summed E-state index contributed by atoms with van der Waals surface area (Å²) in [6, 6.07) is 7.37. The predicted octanol–water partition coefficient (Wildman–Crippen LogP) is 4.69. The molecule has 3 heterocycles. The predicted molar refractivity (Wildman–Crippen MR) is 148 cm³/mol. The molecule has 1 fully saturated rings. The second-order valence-corrected chi connectivity index (χ2v) is 12.2. The number of pyridine rings is 1. The van der Waals surface area contributed by atoms with Crippen molar-refractivity contribution in [3.63, 3.8) is 0 Å². The Bertz CT molecular complexity index is 1280. The van der Waals surface area contributed by atoms with Gasteiger partial charge in [-0.05, 0) is 75.4 Å². The van der Waals surface area contributed by atoms with Gasteiger partial charge in [0.05, 0.1) is 28.6 Å². The van der Waals surface area contributed by atoms with Crippen molar-refractivity contribution in [2.45, 2.75) is 64.0 Å². The number of aromatic amines is 2. The van der Waals surface area contributed by atoms with Gasteiger partial charge in [0, 0.05) is 11.9 Å². The van der Waals surface area contributed by atoms with E-state index < -0.39 is 9.84 Å². The Kier molecular flexibility index (Phi) is 10.2. The van der Waals surface area contributed by atoms with E-state index in [9.17, 15) is 13.2 Å². The molecule has 1 aliphatic rings. The Morgan fingerprint density at radius 2 is 1.83 bits per heavy atom. The van der Waals surface area contributed by atoms with Crippen molar-refractivity contribution in [2.75, 3.05) is 32.0 Å². The molecule has 0 radical (unpaired) electrons. The summed E-state index contributed by atoms with van der Waals surface area (Å²) < 4.78 is 31.7. The van der Waals surface area contributed by atoms with Gasteiger partial charge in [-0.1, -0.05) is 26.7 Å². The van der Waals surface area contributed by atoms with Crippen LogP contribution in [0.1, 0.15) is 58.8 Å². The number of rotatable bonds is 12. The summed E-state index contributed by atoms with van der Waals surface area (Å²) in [4.78, 5) is 23.8. The first-order valence-electron chi connectivity index (χ1n) is 13.0. The summed E-state index contributed by atoms with van der Waals surface area (Å²) in [5.74, 6) is 1.56. The van der Waals surface area contributed by atoms with Gasteiger partial charge in [-0.3, -0.25) is 4.98 Å². The highest BCUT2D eigenvalue weighted by atomic mass is 35.5. The monoisotopic (exact) mass is 538 g/mol. The number of sulfone groups is 1. The number of nitrogens with one attached hydrogen (secondary N) is 2. The second kappa shape index (κ2) is 12.9. The molecule has 3 aromatic rings. The molecule has 0 bridgehead atoms. The first-order chi connectivity index (χ1) is 16.9. The third-order valence-electron chi connectivity index (χ3n) is 7.06. The first-order valence-corrected chi connectivity index (χ1v) is 14.7. The van der Waals surface area contributed by atoms with Crippen LogP contribution in [0.2, 0.25) is 0 Å². The maximum Gasteiger partial charge on any atom is 0.325 e. The molecule has 0 spiro atoms. The van der Waals surface area contributed by atoms with Gasteiger partial charge in [0.2, 0.25) is 0 Å². The van der Waals surface area contributed by atoms with Crippen LogP contribution < -0.4 is 10.4 Å². The summed E-state index contributed by atoms with van der Waals surface area (Å²) in [5, 5.41) is 0.622. The zero-order chi connectivity index (χ0) is 24.8. The van der Waals surface area contributed by atoms with E-state index in [1.54, 1.807) is 0 Å². The lowest BCUT2D eigenvalue weighted by Crippen LogP contribution is -2.42. The minimum Gasteiger partial charge on any atom is -0.494 e. The molecule has 4 rings (SSSR count). The van der Waals surface area contributed by atoms with E-state index in [0.29, 0.717) is 29.9 Å². The number of hydrogen-bond acceptors (Lipinski definition) is 6. The Labute approximate surface area is 219 Å². The van der Waals surface area contributed by atoms with Crippen molar-refractivity contribution < 1.29 is 13.2 Å². The highest BCUT2D eigenvalue weighted by Crippen LogP contribution is 2.24. The molecular weight excluding hydrogens is 500 g/mol. The number of fused-ring (bicyclic) bond motifs is 2. The van der Waals surface area contributed by atoms with E-state index in [0.717, 1.165) is 49.3 Å². The van der Waals surface area contributed by atoms with Crippen molar-refractivity contribution >= 4 is 44.3 Å². The third kappa shape index (κ3) is 7.23. The fourth-order valence-corrected chi connectivity index (χ4v) is 7.05. The normalized spacial score (nSPS) is 15.5. The van der Waals surface area contributed by atoms with Gasteiger partial charge in [0.25, 0.3) is 0 Å². The number of likely N-dealkylation sites (tertiary alicyclic amines) is 1. The average Bonchev–Trinajstić information content (AvgIpc) is 3.19. The number of ether oxygens (including phenoxy) is 1. The number of H-pyrrole nitrogens is 2. The van der Waals surface area contributed by atoms with E-state index >= 15 is 0 Å². The number of aromatic nitrogens is 3. The molecule has 1 aliphatic heterocycles. The number of hydrogen-bond donors (Lipinski definition) is 2. The molecule has 0 atom stereocenters. The Balaban J connectivity index is 0.00000361.